The van der Waals surface area contributed by atoms with Crippen LogP contribution in [0.2, 0.25) is 0 Å². The summed E-state index contributed by atoms with van der Waals surface area (Å²) in [5.41, 5.74) is 0. The molecule has 2 heteroatoms. The third kappa shape index (κ3) is 4.05. The molecule has 0 saturated carbocycles. The number of ether oxygens (including phenoxy) is 1. The van der Waals surface area contributed by atoms with Gasteiger partial charge in [-0.3, -0.25) is 0 Å². The summed E-state index contributed by atoms with van der Waals surface area (Å²) in [4.78, 5) is 0. The molecule has 0 aromatic heterocycles. The predicted octanol–water partition coefficient (Wildman–Crippen LogP) is 1.47. The second kappa shape index (κ2) is 5.05. The summed E-state index contributed by atoms with van der Waals surface area (Å²) in [5.74, 6) is 0.712. The summed E-state index contributed by atoms with van der Waals surface area (Å²) < 4.78 is 4.67. The first-order valence-corrected chi connectivity index (χ1v) is 2.68. The van der Waals surface area contributed by atoms with Gasteiger partial charge in [0, 0.05) is 7.11 Å². The van der Waals surface area contributed by atoms with Gasteiger partial charge in [-0.15, -0.1) is 11.8 Å². The van der Waals surface area contributed by atoms with Crippen molar-refractivity contribution in [2.75, 3.05) is 13.0 Å². The third-order valence-electron chi connectivity index (χ3n) is 0.304. The molecule has 0 aliphatic rings. The quantitative estimate of drug-likeness (QED) is 0.396. The van der Waals surface area contributed by atoms with Crippen molar-refractivity contribution in [3.05, 3.63) is 12.0 Å². The second-order valence-electron chi connectivity index (χ2n) is 0.740. The topological polar surface area (TPSA) is 9.23 Å². The smallest absolute Gasteiger partial charge is 0.0957 e. The van der Waals surface area contributed by atoms with Crippen molar-refractivity contribution in [1.29, 1.82) is 0 Å². The largest absolute Gasteiger partial charge is 0.374 e. The minimum atomic E-state index is 0.712. The van der Waals surface area contributed by atoms with E-state index in [-0.39, 0.29) is 0 Å². The predicted molar refractivity (Wildman–Crippen MR) is 29.7 cm³/mol. The highest BCUT2D eigenvalue weighted by Crippen LogP contribution is 1.96. The van der Waals surface area contributed by atoms with E-state index in [1.54, 1.807) is 24.3 Å². The van der Waals surface area contributed by atoms with E-state index < -0.39 is 0 Å². The van der Waals surface area contributed by atoms with Crippen molar-refractivity contribution in [1.82, 2.24) is 0 Å². The Balaban J connectivity index is 2.49. The molecule has 0 aromatic carbocycles. The Labute approximate surface area is 42.4 Å². The molecule has 36 valence electrons. The molecule has 0 radical (unpaired) electrons. The second-order valence-corrected chi connectivity index (χ2v) is 1.64. The normalized spacial score (nSPS) is 8.17. The standard InChI is InChI=1S/C4H8OS/c1-3-6-4-5-2/h3H,1,4H2,2H3. The van der Waals surface area contributed by atoms with E-state index in [1.165, 1.54) is 0 Å². The minimum Gasteiger partial charge on any atom is -0.374 e. The van der Waals surface area contributed by atoms with Crippen molar-refractivity contribution in [3.63, 3.8) is 0 Å². The van der Waals surface area contributed by atoms with Crippen molar-refractivity contribution in [2.24, 2.45) is 0 Å². The number of thioether (sulfide) groups is 1. The molecule has 0 spiro atoms. The number of methoxy groups -OCH3 is 1. The molecule has 0 atom stereocenters. The van der Waals surface area contributed by atoms with Crippen LogP contribution in [-0.4, -0.2) is 13.0 Å². The molecule has 0 fully saturated rings. The van der Waals surface area contributed by atoms with Crippen LogP contribution in [0.1, 0.15) is 0 Å². The van der Waals surface area contributed by atoms with Gasteiger partial charge in [-0.1, -0.05) is 6.58 Å². The number of hydrogen-bond acceptors (Lipinski definition) is 2. The van der Waals surface area contributed by atoms with Gasteiger partial charge in [0.15, 0.2) is 0 Å². The van der Waals surface area contributed by atoms with Gasteiger partial charge in [0.1, 0.15) is 0 Å². The van der Waals surface area contributed by atoms with Crippen molar-refractivity contribution in [2.45, 2.75) is 0 Å². The molecule has 0 saturated heterocycles. The zero-order chi connectivity index (χ0) is 4.83. The Kier molecular flexibility index (Phi) is 5.09. The first-order valence-electron chi connectivity index (χ1n) is 1.63. The summed E-state index contributed by atoms with van der Waals surface area (Å²) >= 11 is 1.55. The van der Waals surface area contributed by atoms with Crippen LogP contribution in [0.25, 0.3) is 0 Å². The molecule has 0 aliphatic heterocycles. The molecule has 0 aromatic rings. The van der Waals surface area contributed by atoms with Gasteiger partial charge >= 0.3 is 0 Å². The molecule has 0 N–H and O–H groups in total. The van der Waals surface area contributed by atoms with Gasteiger partial charge in [0.2, 0.25) is 0 Å². The zero-order valence-corrected chi connectivity index (χ0v) is 4.62. The third-order valence-corrected chi connectivity index (χ3v) is 0.911. The molecule has 0 unspecified atom stereocenters. The van der Waals surface area contributed by atoms with E-state index in [2.05, 4.69) is 11.3 Å². The Hall–Kier alpha value is 0.0500. The van der Waals surface area contributed by atoms with E-state index in [4.69, 9.17) is 0 Å². The lowest BCUT2D eigenvalue weighted by Gasteiger charge is -1.86. The summed E-state index contributed by atoms with van der Waals surface area (Å²) in [6.45, 7) is 3.48. The molecule has 0 bridgehead atoms. The molecule has 1 nitrogen and oxygen atoms in total. The fourth-order valence-corrected chi connectivity index (χ4v) is 0.348. The maximum Gasteiger partial charge on any atom is 0.0957 e. The van der Waals surface area contributed by atoms with Crippen molar-refractivity contribution < 1.29 is 4.74 Å². The highest BCUT2D eigenvalue weighted by atomic mass is 32.2. The van der Waals surface area contributed by atoms with Crippen LogP contribution in [-0.2, 0) is 4.74 Å². The zero-order valence-electron chi connectivity index (χ0n) is 3.81. The van der Waals surface area contributed by atoms with Gasteiger partial charge in [0.25, 0.3) is 0 Å². The highest BCUT2D eigenvalue weighted by molar-refractivity contribution is 8.01. The SMILES string of the molecule is C=CSCOC. The fraction of sp³-hybridized carbons (Fsp3) is 0.500. The fourth-order valence-electron chi connectivity index (χ4n) is 0.116. The Morgan fingerprint density at radius 3 is 2.83 bits per heavy atom. The van der Waals surface area contributed by atoms with E-state index in [1.807, 2.05) is 0 Å². The Morgan fingerprint density at radius 2 is 2.67 bits per heavy atom. The molecule has 0 amide bonds. The summed E-state index contributed by atoms with van der Waals surface area (Å²) in [5, 5.41) is 1.75. The Morgan fingerprint density at radius 1 is 2.00 bits per heavy atom. The van der Waals surface area contributed by atoms with Crippen LogP contribution in [0, 0.1) is 0 Å². The molecular weight excluding hydrogens is 96.1 g/mol. The van der Waals surface area contributed by atoms with Crippen molar-refractivity contribution >= 4 is 11.8 Å². The molecule has 0 heterocycles. The minimum absolute atomic E-state index is 0.712. The van der Waals surface area contributed by atoms with Crippen LogP contribution in [0.3, 0.4) is 0 Å². The number of hydrogen-bond donors (Lipinski definition) is 0. The van der Waals surface area contributed by atoms with Crippen LogP contribution in [0.5, 0.6) is 0 Å². The van der Waals surface area contributed by atoms with Gasteiger partial charge in [-0.25, -0.2) is 0 Å². The first-order chi connectivity index (χ1) is 2.91. The van der Waals surface area contributed by atoms with E-state index in [9.17, 15) is 0 Å². The average Bonchev–Trinajstić information content (AvgIpc) is 1.61. The van der Waals surface area contributed by atoms with Crippen LogP contribution in [0.15, 0.2) is 12.0 Å². The first kappa shape index (κ1) is 6.05. The monoisotopic (exact) mass is 104 g/mol. The summed E-state index contributed by atoms with van der Waals surface area (Å²) in [6.07, 6.45) is 0. The lowest BCUT2D eigenvalue weighted by Crippen LogP contribution is -1.74. The maximum atomic E-state index is 4.67. The molecule has 0 rings (SSSR count). The lowest BCUT2D eigenvalue weighted by atomic mass is 11.3. The molecular formula is C4H8OS. The van der Waals surface area contributed by atoms with Gasteiger partial charge in [-0.2, -0.15) is 0 Å². The number of rotatable bonds is 3. The van der Waals surface area contributed by atoms with Gasteiger partial charge < -0.3 is 4.74 Å². The molecule has 0 aliphatic carbocycles. The maximum absolute atomic E-state index is 4.67. The summed E-state index contributed by atoms with van der Waals surface area (Å²) in [6, 6.07) is 0. The van der Waals surface area contributed by atoms with E-state index in [0.717, 1.165) is 0 Å². The van der Waals surface area contributed by atoms with Crippen LogP contribution in [0.4, 0.5) is 0 Å². The van der Waals surface area contributed by atoms with Gasteiger partial charge in [0.05, 0.1) is 5.94 Å². The Bertz CT molecular complexity index is 36.5. The highest BCUT2D eigenvalue weighted by Gasteiger charge is 1.69. The van der Waals surface area contributed by atoms with Crippen LogP contribution >= 0.6 is 11.8 Å². The van der Waals surface area contributed by atoms with Gasteiger partial charge in [-0.05, 0) is 5.41 Å². The lowest BCUT2D eigenvalue weighted by molar-refractivity contribution is 0.259. The molecule has 6 heavy (non-hydrogen) atoms. The van der Waals surface area contributed by atoms with Crippen LogP contribution < -0.4 is 0 Å². The van der Waals surface area contributed by atoms with E-state index >= 15 is 0 Å². The van der Waals surface area contributed by atoms with Crippen molar-refractivity contribution in [3.8, 4) is 0 Å². The summed E-state index contributed by atoms with van der Waals surface area (Å²) in [7, 11) is 1.66. The average molecular weight is 104 g/mol. The van der Waals surface area contributed by atoms with E-state index in [0.29, 0.717) is 5.94 Å².